The van der Waals surface area contributed by atoms with Crippen LogP contribution in [0.15, 0.2) is 18.2 Å². The van der Waals surface area contributed by atoms with E-state index in [4.69, 9.17) is 0 Å². The molecule has 2 amide bonds. The van der Waals surface area contributed by atoms with Gasteiger partial charge in [0, 0.05) is 32.0 Å². The molecule has 1 heterocycles. The molecule has 1 saturated heterocycles. The van der Waals surface area contributed by atoms with Crippen molar-refractivity contribution in [3.8, 4) is 0 Å². The highest BCUT2D eigenvalue weighted by molar-refractivity contribution is 6.01. The Morgan fingerprint density at radius 1 is 1.08 bits per heavy atom. The van der Waals surface area contributed by atoms with E-state index in [9.17, 15) is 18.8 Å². The molecule has 0 radical (unpaired) electrons. The molecule has 1 aliphatic carbocycles. The fraction of sp³-hybridized carbons (Fsp3) is 0.500. The Morgan fingerprint density at radius 3 is 2.42 bits per heavy atom. The number of ketones is 1. The molecule has 0 aromatic heterocycles. The Hall–Kier alpha value is -2.24. The fourth-order valence-corrected chi connectivity index (χ4v) is 3.55. The number of carbonyl (C=O) groups is 3. The third-order valence-corrected chi connectivity index (χ3v) is 5.05. The number of likely N-dealkylation sites (N-methyl/N-ethyl adjacent to an activating group) is 1. The number of rotatable bonds is 3. The molecule has 1 atom stereocenters. The van der Waals surface area contributed by atoms with Gasteiger partial charge in [0.25, 0.3) is 0 Å². The molecule has 1 N–H and O–H groups in total. The highest BCUT2D eigenvalue weighted by Crippen LogP contribution is 2.34. The molecule has 1 aliphatic heterocycles. The van der Waals surface area contributed by atoms with Gasteiger partial charge in [-0.25, -0.2) is 4.39 Å². The predicted molar refractivity (Wildman–Crippen MR) is 87.2 cm³/mol. The molecule has 0 bridgehead atoms. The Labute approximate surface area is 140 Å². The number of piperidine rings is 1. The second kappa shape index (κ2) is 6.71. The molecule has 6 heteroatoms. The molecule has 1 aromatic rings. The third-order valence-electron chi connectivity index (χ3n) is 5.05. The smallest absolute Gasteiger partial charge is 0.249 e. The third kappa shape index (κ3) is 3.32. The van der Waals surface area contributed by atoms with Crippen LogP contribution in [0.3, 0.4) is 0 Å². The zero-order valence-corrected chi connectivity index (χ0v) is 13.7. The van der Waals surface area contributed by atoms with Gasteiger partial charge in [-0.2, -0.15) is 0 Å². The van der Waals surface area contributed by atoms with Gasteiger partial charge in [0.1, 0.15) is 17.6 Å². The minimum atomic E-state index is -0.472. The molecule has 1 aromatic carbocycles. The molecule has 24 heavy (non-hydrogen) atoms. The van der Waals surface area contributed by atoms with Crippen molar-refractivity contribution < 1.29 is 18.8 Å². The summed E-state index contributed by atoms with van der Waals surface area (Å²) >= 11 is 0. The summed E-state index contributed by atoms with van der Waals surface area (Å²) in [6.07, 6.45) is 3.13. The van der Waals surface area contributed by atoms with Crippen molar-refractivity contribution in [1.82, 2.24) is 5.32 Å². The minimum Gasteiger partial charge on any atom is -0.363 e. The zero-order chi connectivity index (χ0) is 17.3. The number of amides is 2. The second-order valence-electron chi connectivity index (χ2n) is 6.60. The summed E-state index contributed by atoms with van der Waals surface area (Å²) in [4.78, 5) is 36.2. The maximum absolute atomic E-state index is 14.6. The molecular weight excluding hydrogens is 311 g/mol. The van der Waals surface area contributed by atoms with Gasteiger partial charge in [0.05, 0.1) is 0 Å². The first kappa shape index (κ1) is 16.6. The van der Waals surface area contributed by atoms with Crippen LogP contribution in [-0.2, 0) is 14.4 Å². The van der Waals surface area contributed by atoms with Crippen LogP contribution in [0.2, 0.25) is 0 Å². The van der Waals surface area contributed by atoms with Gasteiger partial charge in [-0.05, 0) is 42.9 Å². The maximum Gasteiger partial charge on any atom is 0.249 e. The van der Waals surface area contributed by atoms with Crippen molar-refractivity contribution in [3.63, 3.8) is 0 Å². The summed E-state index contributed by atoms with van der Waals surface area (Å²) < 4.78 is 14.6. The largest absolute Gasteiger partial charge is 0.363 e. The number of nitrogens with zero attached hydrogens (tertiary/aromatic N) is 1. The molecular formula is C18H21FN2O3. The molecule has 1 unspecified atom stereocenters. The van der Waals surface area contributed by atoms with Crippen LogP contribution < -0.4 is 10.2 Å². The first-order chi connectivity index (χ1) is 11.5. The number of hydrogen-bond acceptors (Lipinski definition) is 4. The van der Waals surface area contributed by atoms with Crippen molar-refractivity contribution in [2.24, 2.45) is 0 Å². The number of carbonyl (C=O) groups excluding carboxylic acids is 3. The molecule has 128 valence electrons. The summed E-state index contributed by atoms with van der Waals surface area (Å²) in [7, 11) is 1.73. The van der Waals surface area contributed by atoms with E-state index in [-0.39, 0.29) is 35.8 Å². The first-order valence-corrected chi connectivity index (χ1v) is 8.33. The predicted octanol–water partition coefficient (Wildman–Crippen LogP) is 2.29. The molecule has 1 saturated carbocycles. The van der Waals surface area contributed by atoms with E-state index in [2.05, 4.69) is 5.32 Å². The van der Waals surface area contributed by atoms with E-state index in [1.165, 1.54) is 6.07 Å². The van der Waals surface area contributed by atoms with Crippen LogP contribution in [0.4, 0.5) is 10.1 Å². The number of imide groups is 1. The van der Waals surface area contributed by atoms with Crippen molar-refractivity contribution in [1.29, 1.82) is 0 Å². The van der Waals surface area contributed by atoms with Crippen LogP contribution in [0.5, 0.6) is 0 Å². The number of nitrogens with one attached hydrogen (secondary N) is 1. The van der Waals surface area contributed by atoms with Crippen molar-refractivity contribution >= 4 is 23.3 Å². The second-order valence-corrected chi connectivity index (χ2v) is 6.60. The van der Waals surface area contributed by atoms with Crippen LogP contribution in [0.1, 0.15) is 50.0 Å². The SMILES string of the molecule is CN(c1ccc(C2CCC(=O)CC2)c(F)c1)C1CCC(=O)NC1=O. The number of halogens is 1. The number of hydrogen-bond donors (Lipinski definition) is 1. The molecule has 2 fully saturated rings. The summed E-state index contributed by atoms with van der Waals surface area (Å²) in [5.41, 5.74) is 1.25. The van der Waals surface area contributed by atoms with Gasteiger partial charge in [-0.15, -0.1) is 0 Å². The van der Waals surface area contributed by atoms with Gasteiger partial charge in [0.2, 0.25) is 11.8 Å². The van der Waals surface area contributed by atoms with Gasteiger partial charge >= 0.3 is 0 Å². The van der Waals surface area contributed by atoms with Crippen molar-refractivity contribution in [2.45, 2.75) is 50.5 Å². The van der Waals surface area contributed by atoms with Crippen LogP contribution in [-0.4, -0.2) is 30.7 Å². The van der Waals surface area contributed by atoms with E-state index in [0.29, 0.717) is 43.4 Å². The Bertz CT molecular complexity index is 679. The van der Waals surface area contributed by atoms with Crippen molar-refractivity contribution in [2.75, 3.05) is 11.9 Å². The number of benzene rings is 1. The van der Waals surface area contributed by atoms with E-state index in [1.54, 1.807) is 24.1 Å². The van der Waals surface area contributed by atoms with E-state index >= 15 is 0 Å². The normalized spacial score (nSPS) is 22.4. The van der Waals surface area contributed by atoms with E-state index < -0.39 is 6.04 Å². The summed E-state index contributed by atoms with van der Waals surface area (Å²) in [5.74, 6) is -0.577. The standard InChI is InChI=1S/C18H21FN2O3/c1-21(16-8-9-17(23)20-18(16)24)12-4-7-14(15(19)10-12)11-2-5-13(22)6-3-11/h4,7,10-11,16H,2-3,5-6,8-9H2,1H3,(H,20,23,24). The van der Waals surface area contributed by atoms with E-state index in [0.717, 1.165) is 0 Å². The first-order valence-electron chi connectivity index (χ1n) is 8.33. The molecule has 5 nitrogen and oxygen atoms in total. The zero-order valence-electron chi connectivity index (χ0n) is 13.7. The minimum absolute atomic E-state index is 0.0812. The van der Waals surface area contributed by atoms with E-state index in [1.807, 2.05) is 0 Å². The Kier molecular flexibility index (Phi) is 4.64. The average Bonchev–Trinajstić information content (AvgIpc) is 2.55. The Morgan fingerprint density at radius 2 is 1.79 bits per heavy atom. The summed E-state index contributed by atoms with van der Waals surface area (Å²) in [6.45, 7) is 0. The van der Waals surface area contributed by atoms with Crippen LogP contribution in [0, 0.1) is 5.82 Å². The van der Waals surface area contributed by atoms with Gasteiger partial charge in [0.15, 0.2) is 0 Å². The van der Waals surface area contributed by atoms with Crippen molar-refractivity contribution in [3.05, 3.63) is 29.6 Å². The lowest BCUT2D eigenvalue weighted by molar-refractivity contribution is -0.134. The number of Topliss-reactive ketones (excluding diaryl/α,β-unsaturated/α-hetero) is 1. The van der Waals surface area contributed by atoms with Gasteiger partial charge in [-0.3, -0.25) is 19.7 Å². The van der Waals surface area contributed by atoms with Gasteiger partial charge < -0.3 is 4.90 Å². The fourth-order valence-electron chi connectivity index (χ4n) is 3.55. The highest BCUT2D eigenvalue weighted by atomic mass is 19.1. The van der Waals surface area contributed by atoms with Crippen LogP contribution in [0.25, 0.3) is 0 Å². The van der Waals surface area contributed by atoms with Crippen LogP contribution >= 0.6 is 0 Å². The topological polar surface area (TPSA) is 66.5 Å². The monoisotopic (exact) mass is 332 g/mol. The lowest BCUT2D eigenvalue weighted by Gasteiger charge is -2.32. The molecule has 2 aliphatic rings. The lowest BCUT2D eigenvalue weighted by atomic mass is 9.83. The Balaban J connectivity index is 1.75. The quantitative estimate of drug-likeness (QED) is 0.863. The molecule has 3 rings (SSSR count). The number of anilines is 1. The average molecular weight is 332 g/mol. The highest BCUT2D eigenvalue weighted by Gasteiger charge is 2.30. The maximum atomic E-state index is 14.6. The summed E-state index contributed by atoms with van der Waals surface area (Å²) in [5, 5.41) is 2.32. The molecule has 0 spiro atoms. The lowest BCUT2D eigenvalue weighted by Crippen LogP contribution is -2.51. The summed E-state index contributed by atoms with van der Waals surface area (Å²) in [6, 6.07) is 4.53. The van der Waals surface area contributed by atoms with Gasteiger partial charge in [-0.1, -0.05) is 6.07 Å².